The van der Waals surface area contributed by atoms with Crippen LogP contribution in [0.3, 0.4) is 0 Å². The molecule has 1 aliphatic heterocycles. The summed E-state index contributed by atoms with van der Waals surface area (Å²) in [6.07, 6.45) is 3.44. The topological polar surface area (TPSA) is 88.4 Å². The van der Waals surface area contributed by atoms with E-state index in [0.717, 1.165) is 25.2 Å². The third-order valence-corrected chi connectivity index (χ3v) is 7.64. The molecule has 2 aromatic rings. The molecule has 3 rings (SSSR count). The van der Waals surface area contributed by atoms with Crippen LogP contribution in [-0.4, -0.2) is 64.5 Å². The van der Waals surface area contributed by atoms with E-state index in [0.29, 0.717) is 37.7 Å². The zero-order valence-corrected chi connectivity index (χ0v) is 18.1. The number of aromatic nitrogens is 3. The highest BCUT2D eigenvalue weighted by atomic mass is 32.2. The minimum atomic E-state index is -3.51. The van der Waals surface area contributed by atoms with E-state index in [1.54, 1.807) is 18.5 Å². The largest absolute Gasteiger partial charge is 0.339 e. The molecule has 0 aliphatic carbocycles. The lowest BCUT2D eigenvalue weighted by molar-refractivity contribution is 0.0710. The van der Waals surface area contributed by atoms with E-state index in [1.165, 1.54) is 16.4 Å². The highest BCUT2D eigenvalue weighted by Gasteiger charge is 2.28. The van der Waals surface area contributed by atoms with E-state index in [-0.39, 0.29) is 10.8 Å². The SMILES string of the molecule is CCN(CC)S(=O)(=O)c1ccc(C(=O)N2CCC(c3nncn3CC)CC2)cc1. The van der Waals surface area contributed by atoms with E-state index >= 15 is 0 Å². The van der Waals surface area contributed by atoms with Crippen molar-refractivity contribution in [2.24, 2.45) is 0 Å². The van der Waals surface area contributed by atoms with Crippen molar-refractivity contribution >= 4 is 15.9 Å². The standard InChI is InChI=1S/C20H29N5O3S/c1-4-23-15-21-22-19(23)16-11-13-24(14-12-16)20(26)17-7-9-18(10-8-17)29(27,28)25(5-2)6-3/h7-10,15-16H,4-6,11-14H2,1-3H3. The minimum absolute atomic E-state index is 0.0628. The van der Waals surface area contributed by atoms with Gasteiger partial charge in [-0.15, -0.1) is 10.2 Å². The quantitative estimate of drug-likeness (QED) is 0.687. The van der Waals surface area contributed by atoms with Gasteiger partial charge >= 0.3 is 0 Å². The second kappa shape index (κ2) is 9.04. The highest BCUT2D eigenvalue weighted by Crippen LogP contribution is 2.27. The summed E-state index contributed by atoms with van der Waals surface area (Å²) in [5.74, 6) is 1.24. The number of nitrogens with zero attached hydrogens (tertiary/aromatic N) is 5. The van der Waals surface area contributed by atoms with Crippen LogP contribution in [-0.2, 0) is 16.6 Å². The average Bonchev–Trinajstić information content (AvgIpc) is 3.23. The molecule has 9 heteroatoms. The van der Waals surface area contributed by atoms with Gasteiger partial charge in [-0.2, -0.15) is 4.31 Å². The maximum absolute atomic E-state index is 12.9. The van der Waals surface area contributed by atoms with E-state index in [9.17, 15) is 13.2 Å². The first-order valence-corrected chi connectivity index (χ1v) is 11.6. The predicted molar refractivity (Wildman–Crippen MR) is 110 cm³/mol. The van der Waals surface area contributed by atoms with Gasteiger partial charge in [0, 0.05) is 44.2 Å². The van der Waals surface area contributed by atoms with Gasteiger partial charge in [-0.3, -0.25) is 4.79 Å². The van der Waals surface area contributed by atoms with Crippen LogP contribution >= 0.6 is 0 Å². The summed E-state index contributed by atoms with van der Waals surface area (Å²) < 4.78 is 28.7. The van der Waals surface area contributed by atoms with Crippen LogP contribution < -0.4 is 0 Å². The van der Waals surface area contributed by atoms with Gasteiger partial charge in [-0.25, -0.2) is 8.42 Å². The van der Waals surface area contributed by atoms with Gasteiger partial charge in [0.05, 0.1) is 4.90 Å². The van der Waals surface area contributed by atoms with Gasteiger partial charge < -0.3 is 9.47 Å². The first-order chi connectivity index (χ1) is 13.9. The lowest BCUT2D eigenvalue weighted by Crippen LogP contribution is -2.38. The Morgan fingerprint density at radius 1 is 1.10 bits per heavy atom. The Labute approximate surface area is 172 Å². The van der Waals surface area contributed by atoms with Gasteiger partial charge in [-0.05, 0) is 44.0 Å². The summed E-state index contributed by atoms with van der Waals surface area (Å²) in [6.45, 7) is 8.66. The Morgan fingerprint density at radius 2 is 1.72 bits per heavy atom. The first kappa shape index (κ1) is 21.4. The second-order valence-corrected chi connectivity index (χ2v) is 9.09. The summed E-state index contributed by atoms with van der Waals surface area (Å²) in [7, 11) is -3.51. The third-order valence-electron chi connectivity index (χ3n) is 5.58. The van der Waals surface area contributed by atoms with Gasteiger partial charge in [0.15, 0.2) is 0 Å². The van der Waals surface area contributed by atoms with Crippen LogP contribution in [0.15, 0.2) is 35.5 Å². The molecule has 1 saturated heterocycles. The van der Waals surface area contributed by atoms with Crippen molar-refractivity contribution < 1.29 is 13.2 Å². The summed E-state index contributed by atoms with van der Waals surface area (Å²) in [5, 5.41) is 8.25. The number of benzene rings is 1. The molecule has 1 aromatic heterocycles. The Balaban J connectivity index is 1.66. The number of amides is 1. The molecule has 0 radical (unpaired) electrons. The fraction of sp³-hybridized carbons (Fsp3) is 0.550. The Morgan fingerprint density at radius 3 is 2.28 bits per heavy atom. The van der Waals surface area contributed by atoms with Crippen LogP contribution in [0.2, 0.25) is 0 Å². The zero-order chi connectivity index (χ0) is 21.0. The number of hydrogen-bond donors (Lipinski definition) is 0. The molecule has 8 nitrogen and oxygen atoms in total. The van der Waals surface area contributed by atoms with Gasteiger partial charge in [0.1, 0.15) is 12.2 Å². The molecular weight excluding hydrogens is 390 g/mol. The molecule has 1 amide bonds. The molecule has 158 valence electrons. The molecule has 0 saturated carbocycles. The second-order valence-electron chi connectivity index (χ2n) is 7.16. The van der Waals surface area contributed by atoms with Crippen molar-refractivity contribution in [2.45, 2.75) is 51.0 Å². The van der Waals surface area contributed by atoms with E-state index in [4.69, 9.17) is 0 Å². The molecule has 29 heavy (non-hydrogen) atoms. The highest BCUT2D eigenvalue weighted by molar-refractivity contribution is 7.89. The van der Waals surface area contributed by atoms with Crippen molar-refractivity contribution in [1.29, 1.82) is 0 Å². The molecule has 1 aliphatic rings. The third kappa shape index (κ3) is 4.35. The van der Waals surface area contributed by atoms with Crippen LogP contribution in [0.5, 0.6) is 0 Å². The fourth-order valence-electron chi connectivity index (χ4n) is 3.83. The van der Waals surface area contributed by atoms with Crippen molar-refractivity contribution in [2.75, 3.05) is 26.2 Å². The average molecular weight is 420 g/mol. The fourth-order valence-corrected chi connectivity index (χ4v) is 5.29. The summed E-state index contributed by atoms with van der Waals surface area (Å²) >= 11 is 0. The molecule has 0 spiro atoms. The summed E-state index contributed by atoms with van der Waals surface area (Å²) in [6, 6.07) is 6.27. The number of carbonyl (C=O) groups is 1. The molecule has 1 aromatic carbocycles. The maximum Gasteiger partial charge on any atom is 0.253 e. The lowest BCUT2D eigenvalue weighted by Gasteiger charge is -2.31. The van der Waals surface area contributed by atoms with Crippen LogP contribution in [0.4, 0.5) is 0 Å². The zero-order valence-electron chi connectivity index (χ0n) is 17.3. The minimum Gasteiger partial charge on any atom is -0.339 e. The lowest BCUT2D eigenvalue weighted by atomic mass is 9.95. The number of sulfonamides is 1. The molecule has 1 fully saturated rings. The molecule has 0 N–H and O–H groups in total. The smallest absolute Gasteiger partial charge is 0.253 e. The van der Waals surface area contributed by atoms with Crippen LogP contribution in [0.25, 0.3) is 0 Å². The van der Waals surface area contributed by atoms with Gasteiger partial charge in [-0.1, -0.05) is 13.8 Å². The van der Waals surface area contributed by atoms with Crippen molar-refractivity contribution in [3.63, 3.8) is 0 Å². The van der Waals surface area contributed by atoms with E-state index in [2.05, 4.69) is 21.7 Å². The molecule has 0 atom stereocenters. The number of piperidine rings is 1. The van der Waals surface area contributed by atoms with Crippen LogP contribution in [0, 0.1) is 0 Å². The molecular formula is C20H29N5O3S. The Kier molecular flexibility index (Phi) is 6.69. The van der Waals surface area contributed by atoms with Crippen molar-refractivity contribution in [3.8, 4) is 0 Å². The van der Waals surface area contributed by atoms with Gasteiger partial charge in [0.25, 0.3) is 5.91 Å². The van der Waals surface area contributed by atoms with E-state index < -0.39 is 10.0 Å². The first-order valence-electron chi connectivity index (χ1n) is 10.2. The van der Waals surface area contributed by atoms with Crippen molar-refractivity contribution in [3.05, 3.63) is 42.0 Å². The predicted octanol–water partition coefficient (Wildman–Crippen LogP) is 2.35. The number of hydrogen-bond acceptors (Lipinski definition) is 5. The van der Waals surface area contributed by atoms with E-state index in [1.807, 2.05) is 18.7 Å². The van der Waals surface area contributed by atoms with Crippen LogP contribution in [0.1, 0.15) is 55.7 Å². The van der Waals surface area contributed by atoms with Gasteiger partial charge in [0.2, 0.25) is 10.0 Å². The summed E-state index contributed by atoms with van der Waals surface area (Å²) in [5.41, 5.74) is 0.513. The monoisotopic (exact) mass is 419 g/mol. The summed E-state index contributed by atoms with van der Waals surface area (Å²) in [4.78, 5) is 14.9. The molecule has 2 heterocycles. The number of rotatable bonds is 7. The molecule has 0 unspecified atom stereocenters. The number of likely N-dealkylation sites (tertiary alicyclic amines) is 1. The number of carbonyl (C=O) groups excluding carboxylic acids is 1. The van der Waals surface area contributed by atoms with Crippen molar-refractivity contribution in [1.82, 2.24) is 24.0 Å². The number of aryl methyl sites for hydroxylation is 1. The molecule has 0 bridgehead atoms. The maximum atomic E-state index is 12.9. The Bertz CT molecular complexity index is 927. The normalized spacial score (nSPS) is 15.8. The Hall–Kier alpha value is -2.26.